The van der Waals surface area contributed by atoms with E-state index in [1.807, 2.05) is 29.6 Å². The van der Waals surface area contributed by atoms with Gasteiger partial charge in [-0.05, 0) is 29.6 Å². The predicted molar refractivity (Wildman–Crippen MR) is 111 cm³/mol. The lowest BCUT2D eigenvalue weighted by atomic mass is 10.2. The van der Waals surface area contributed by atoms with Gasteiger partial charge in [0.1, 0.15) is 16.7 Å². The summed E-state index contributed by atoms with van der Waals surface area (Å²) in [7, 11) is 0. The van der Waals surface area contributed by atoms with Crippen LogP contribution in [0.15, 0.2) is 60.5 Å². The van der Waals surface area contributed by atoms with Crippen molar-refractivity contribution in [3.8, 4) is 33.3 Å². The van der Waals surface area contributed by atoms with Gasteiger partial charge in [0.25, 0.3) is 0 Å². The highest BCUT2D eigenvalue weighted by Crippen LogP contribution is 2.32. The van der Waals surface area contributed by atoms with E-state index < -0.39 is 0 Å². The molecule has 0 saturated heterocycles. The Balaban J connectivity index is 1.53. The van der Waals surface area contributed by atoms with Crippen LogP contribution in [0.5, 0.6) is 0 Å². The topological polar surface area (TPSA) is 109 Å². The molecule has 0 fully saturated rings. The highest BCUT2D eigenvalue weighted by Gasteiger charge is 2.17. The van der Waals surface area contributed by atoms with E-state index in [0.29, 0.717) is 28.4 Å². The number of pyridine rings is 2. The number of hydrogen-bond donors (Lipinski definition) is 2. The van der Waals surface area contributed by atoms with Crippen molar-refractivity contribution in [3.63, 3.8) is 0 Å². The van der Waals surface area contributed by atoms with Gasteiger partial charge < -0.3 is 4.98 Å². The number of nitrogens with one attached hydrogen (secondary N) is 2. The van der Waals surface area contributed by atoms with Crippen molar-refractivity contribution in [1.82, 2.24) is 40.1 Å². The number of rotatable bonds is 3. The van der Waals surface area contributed by atoms with E-state index >= 15 is 0 Å². The zero-order valence-electron chi connectivity index (χ0n) is 14.9. The molecular formula is C20H12N8S. The summed E-state index contributed by atoms with van der Waals surface area (Å²) in [6.07, 6.45) is 6.76. The van der Waals surface area contributed by atoms with E-state index in [-0.39, 0.29) is 0 Å². The van der Waals surface area contributed by atoms with Gasteiger partial charge in [-0.1, -0.05) is 6.07 Å². The van der Waals surface area contributed by atoms with E-state index in [1.54, 1.807) is 36.1 Å². The van der Waals surface area contributed by atoms with Crippen molar-refractivity contribution in [2.45, 2.75) is 0 Å². The minimum Gasteiger partial charge on any atom is -0.321 e. The van der Waals surface area contributed by atoms with Crippen LogP contribution >= 0.6 is 11.3 Å². The van der Waals surface area contributed by atoms with E-state index in [4.69, 9.17) is 9.97 Å². The summed E-state index contributed by atoms with van der Waals surface area (Å²) in [4.78, 5) is 26.9. The number of H-pyrrole nitrogens is 2. The molecule has 0 aliphatic heterocycles. The summed E-state index contributed by atoms with van der Waals surface area (Å²) >= 11 is 1.67. The highest BCUT2D eigenvalue weighted by atomic mass is 32.1. The van der Waals surface area contributed by atoms with Crippen LogP contribution in [-0.2, 0) is 0 Å². The quantitative estimate of drug-likeness (QED) is 0.466. The fourth-order valence-corrected chi connectivity index (χ4v) is 4.04. The second kappa shape index (κ2) is 6.28. The molecule has 0 spiro atoms. The molecule has 0 bridgehead atoms. The first-order valence-electron chi connectivity index (χ1n) is 8.87. The molecule has 6 aromatic heterocycles. The molecule has 0 aliphatic carbocycles. The number of nitrogens with zero attached hydrogens (tertiary/aromatic N) is 6. The third-order valence-electron chi connectivity index (χ3n) is 4.63. The Bertz CT molecular complexity index is 1450. The SMILES string of the molecule is c1csc(-c2ccnc3[nH]c(-c4n[nH]c5ccc(-c6cnccn6)nc45)nc23)c1. The van der Waals surface area contributed by atoms with Crippen LogP contribution in [0, 0.1) is 0 Å². The minimum atomic E-state index is 0.617. The molecule has 0 atom stereocenters. The summed E-state index contributed by atoms with van der Waals surface area (Å²) in [5.74, 6) is 0.617. The molecular weight excluding hydrogens is 384 g/mol. The van der Waals surface area contributed by atoms with Gasteiger partial charge in [0.2, 0.25) is 0 Å². The standard InChI is InChI=1S/C20H12N8S/c1-2-15(29-9-1)11-5-6-23-19-16(11)25-20(26-19)18-17-13(27-28-18)4-3-12(24-17)14-10-21-7-8-22-14/h1-10H,(H,27,28)(H,23,25,26). The number of imidazole rings is 1. The van der Waals surface area contributed by atoms with E-state index in [1.165, 1.54) is 0 Å². The Morgan fingerprint density at radius 2 is 1.86 bits per heavy atom. The average Bonchev–Trinajstić information content (AvgIpc) is 3.52. The second-order valence-corrected chi connectivity index (χ2v) is 7.32. The molecule has 6 aromatic rings. The van der Waals surface area contributed by atoms with Gasteiger partial charge in [-0.3, -0.25) is 15.1 Å². The van der Waals surface area contributed by atoms with Gasteiger partial charge in [0, 0.05) is 29.0 Å². The Hall–Kier alpha value is -3.98. The summed E-state index contributed by atoms with van der Waals surface area (Å²) < 4.78 is 0. The zero-order valence-corrected chi connectivity index (χ0v) is 15.7. The molecule has 0 aromatic carbocycles. The number of hydrogen-bond acceptors (Lipinski definition) is 7. The summed E-state index contributed by atoms with van der Waals surface area (Å²) in [6.45, 7) is 0. The Labute approximate surface area is 167 Å². The first-order valence-corrected chi connectivity index (χ1v) is 9.75. The van der Waals surface area contributed by atoms with Crippen LogP contribution in [-0.4, -0.2) is 40.1 Å². The Kier molecular flexibility index (Phi) is 3.47. The summed E-state index contributed by atoms with van der Waals surface area (Å²) in [6, 6.07) is 9.90. The van der Waals surface area contributed by atoms with E-state index in [0.717, 1.165) is 27.2 Å². The molecule has 6 rings (SSSR count). The number of aromatic amines is 2. The monoisotopic (exact) mass is 396 g/mol. The predicted octanol–water partition coefficient (Wildman–Crippen LogP) is 4.08. The lowest BCUT2D eigenvalue weighted by Gasteiger charge is -1.99. The summed E-state index contributed by atoms with van der Waals surface area (Å²) in [5.41, 5.74) is 6.17. The first-order chi connectivity index (χ1) is 14.4. The van der Waals surface area contributed by atoms with Crippen LogP contribution in [0.3, 0.4) is 0 Å². The van der Waals surface area contributed by atoms with Crippen molar-refractivity contribution in [2.75, 3.05) is 0 Å². The minimum absolute atomic E-state index is 0.617. The molecule has 0 saturated carbocycles. The summed E-state index contributed by atoms with van der Waals surface area (Å²) in [5, 5.41) is 9.52. The molecule has 2 N–H and O–H groups in total. The smallest absolute Gasteiger partial charge is 0.162 e. The van der Waals surface area contributed by atoms with Gasteiger partial charge in [0.05, 0.1) is 17.4 Å². The molecule has 8 nitrogen and oxygen atoms in total. The lowest BCUT2D eigenvalue weighted by Crippen LogP contribution is -1.89. The molecule has 138 valence electrons. The van der Waals surface area contributed by atoms with Gasteiger partial charge in [-0.2, -0.15) is 5.10 Å². The Morgan fingerprint density at radius 1 is 0.862 bits per heavy atom. The van der Waals surface area contributed by atoms with Crippen LogP contribution in [0.25, 0.3) is 55.5 Å². The molecule has 29 heavy (non-hydrogen) atoms. The van der Waals surface area contributed by atoms with Crippen molar-refractivity contribution in [3.05, 3.63) is 60.5 Å². The van der Waals surface area contributed by atoms with E-state index in [2.05, 4.69) is 36.2 Å². The van der Waals surface area contributed by atoms with Gasteiger partial charge >= 0.3 is 0 Å². The fraction of sp³-hybridized carbons (Fsp3) is 0. The van der Waals surface area contributed by atoms with E-state index in [9.17, 15) is 0 Å². The average molecular weight is 396 g/mol. The number of fused-ring (bicyclic) bond motifs is 2. The van der Waals surface area contributed by atoms with Gasteiger partial charge in [0.15, 0.2) is 17.2 Å². The third-order valence-corrected chi connectivity index (χ3v) is 5.53. The number of thiophene rings is 1. The maximum absolute atomic E-state index is 4.80. The van der Waals surface area contributed by atoms with Crippen molar-refractivity contribution in [1.29, 1.82) is 0 Å². The molecule has 0 amide bonds. The molecule has 0 aliphatic rings. The zero-order chi connectivity index (χ0) is 19.2. The highest BCUT2D eigenvalue weighted by molar-refractivity contribution is 7.13. The van der Waals surface area contributed by atoms with Crippen molar-refractivity contribution in [2.24, 2.45) is 0 Å². The van der Waals surface area contributed by atoms with Crippen molar-refractivity contribution >= 4 is 33.5 Å². The normalized spacial score (nSPS) is 11.4. The third kappa shape index (κ3) is 2.59. The second-order valence-electron chi connectivity index (χ2n) is 6.37. The van der Waals surface area contributed by atoms with Gasteiger partial charge in [-0.15, -0.1) is 11.3 Å². The lowest BCUT2D eigenvalue weighted by molar-refractivity contribution is 1.10. The van der Waals surface area contributed by atoms with Crippen LogP contribution in [0.4, 0.5) is 0 Å². The number of aromatic nitrogens is 8. The van der Waals surface area contributed by atoms with Crippen LogP contribution in [0.2, 0.25) is 0 Å². The van der Waals surface area contributed by atoms with Crippen molar-refractivity contribution < 1.29 is 0 Å². The largest absolute Gasteiger partial charge is 0.321 e. The molecule has 6 heterocycles. The molecule has 0 radical (unpaired) electrons. The first kappa shape index (κ1) is 16.0. The van der Waals surface area contributed by atoms with Crippen LogP contribution < -0.4 is 0 Å². The maximum Gasteiger partial charge on any atom is 0.162 e. The van der Waals surface area contributed by atoms with Crippen LogP contribution in [0.1, 0.15) is 0 Å². The molecule has 0 unspecified atom stereocenters. The fourth-order valence-electron chi connectivity index (χ4n) is 3.29. The van der Waals surface area contributed by atoms with Gasteiger partial charge in [-0.25, -0.2) is 15.0 Å². The Morgan fingerprint density at radius 3 is 2.72 bits per heavy atom. The maximum atomic E-state index is 4.80. The molecule has 9 heteroatoms.